The Morgan fingerprint density at radius 3 is 2.78 bits per heavy atom. The summed E-state index contributed by atoms with van der Waals surface area (Å²) in [5.41, 5.74) is 7.26. The molecule has 0 aliphatic rings. The third-order valence-corrected chi connectivity index (χ3v) is 3.48. The first kappa shape index (κ1) is 13.0. The Balaban J connectivity index is 2.08. The second kappa shape index (κ2) is 5.93. The second-order valence-corrected chi connectivity index (χ2v) is 4.74. The van der Waals surface area contributed by atoms with Crippen molar-refractivity contribution in [2.75, 3.05) is 0 Å². The van der Waals surface area contributed by atoms with E-state index in [9.17, 15) is 8.78 Å². The topological polar surface area (TPSA) is 38.9 Å². The molecular weight excluding hydrogens is 254 g/mol. The molecule has 2 rings (SSSR count). The average molecular weight is 266 g/mol. The van der Waals surface area contributed by atoms with E-state index in [1.165, 1.54) is 17.8 Å². The number of nitrogens with two attached hydrogens (primary N) is 1. The summed E-state index contributed by atoms with van der Waals surface area (Å²) in [5.74, 6) is -0.290. The molecule has 2 N–H and O–H groups in total. The van der Waals surface area contributed by atoms with Crippen LogP contribution in [0.2, 0.25) is 0 Å². The summed E-state index contributed by atoms with van der Waals surface area (Å²) < 4.78 is 26.4. The quantitative estimate of drug-likeness (QED) is 0.864. The van der Waals surface area contributed by atoms with Crippen LogP contribution in [0.5, 0.6) is 0 Å². The smallest absolute Gasteiger partial charge is 0.136 e. The van der Waals surface area contributed by atoms with Crippen molar-refractivity contribution in [3.63, 3.8) is 0 Å². The van der Waals surface area contributed by atoms with Crippen molar-refractivity contribution in [2.24, 2.45) is 5.73 Å². The number of pyridine rings is 1. The van der Waals surface area contributed by atoms with Crippen LogP contribution in [0.25, 0.3) is 0 Å². The highest BCUT2D eigenvalue weighted by Gasteiger charge is 2.05. The lowest BCUT2D eigenvalue weighted by atomic mass is 10.2. The standard InChI is InChI=1S/C13H12F2N2S/c14-10-1-2-12(15)13(6-10)18-8-9-3-4-17-11(5-9)7-16/h1-6H,7-8,16H2. The van der Waals surface area contributed by atoms with Gasteiger partial charge in [0.05, 0.1) is 5.69 Å². The number of benzene rings is 1. The summed E-state index contributed by atoms with van der Waals surface area (Å²) in [6.07, 6.45) is 1.67. The van der Waals surface area contributed by atoms with Crippen molar-refractivity contribution in [1.29, 1.82) is 0 Å². The molecule has 0 amide bonds. The summed E-state index contributed by atoms with van der Waals surface area (Å²) in [4.78, 5) is 4.38. The molecule has 0 bridgehead atoms. The van der Waals surface area contributed by atoms with Crippen molar-refractivity contribution in [3.8, 4) is 0 Å². The van der Waals surface area contributed by atoms with E-state index in [0.717, 1.165) is 23.4 Å². The highest BCUT2D eigenvalue weighted by atomic mass is 32.2. The molecule has 0 radical (unpaired) electrons. The summed E-state index contributed by atoms with van der Waals surface area (Å²) in [5, 5.41) is 0. The number of hydrogen-bond donors (Lipinski definition) is 1. The number of hydrogen-bond acceptors (Lipinski definition) is 3. The van der Waals surface area contributed by atoms with E-state index < -0.39 is 11.6 Å². The van der Waals surface area contributed by atoms with Crippen molar-refractivity contribution >= 4 is 11.8 Å². The molecule has 0 atom stereocenters. The normalized spacial score (nSPS) is 10.6. The molecule has 1 heterocycles. The van der Waals surface area contributed by atoms with Crippen LogP contribution in [0, 0.1) is 11.6 Å². The predicted octanol–water partition coefficient (Wildman–Crippen LogP) is 3.11. The van der Waals surface area contributed by atoms with Crippen molar-refractivity contribution < 1.29 is 8.78 Å². The zero-order valence-corrected chi connectivity index (χ0v) is 10.4. The zero-order valence-electron chi connectivity index (χ0n) is 9.57. The van der Waals surface area contributed by atoms with Crippen LogP contribution in [0.3, 0.4) is 0 Å². The number of halogens is 2. The molecule has 0 aliphatic heterocycles. The molecule has 0 unspecified atom stereocenters. The fourth-order valence-corrected chi connectivity index (χ4v) is 2.38. The Labute approximate surface area is 108 Å². The van der Waals surface area contributed by atoms with Gasteiger partial charge in [-0.15, -0.1) is 11.8 Å². The van der Waals surface area contributed by atoms with Gasteiger partial charge in [-0.1, -0.05) is 0 Å². The van der Waals surface area contributed by atoms with Crippen LogP contribution in [-0.2, 0) is 12.3 Å². The molecule has 0 aliphatic carbocycles. The maximum Gasteiger partial charge on any atom is 0.136 e. The lowest BCUT2D eigenvalue weighted by Crippen LogP contribution is -1.99. The van der Waals surface area contributed by atoms with Gasteiger partial charge < -0.3 is 5.73 Å². The van der Waals surface area contributed by atoms with E-state index in [-0.39, 0.29) is 0 Å². The van der Waals surface area contributed by atoms with E-state index in [0.29, 0.717) is 17.2 Å². The van der Waals surface area contributed by atoms with Crippen molar-refractivity contribution in [3.05, 3.63) is 59.4 Å². The van der Waals surface area contributed by atoms with Crippen LogP contribution in [0.15, 0.2) is 41.4 Å². The van der Waals surface area contributed by atoms with Crippen LogP contribution in [-0.4, -0.2) is 4.98 Å². The van der Waals surface area contributed by atoms with Gasteiger partial charge in [-0.05, 0) is 35.9 Å². The van der Waals surface area contributed by atoms with E-state index in [1.54, 1.807) is 6.20 Å². The molecule has 18 heavy (non-hydrogen) atoms. The van der Waals surface area contributed by atoms with E-state index >= 15 is 0 Å². The van der Waals surface area contributed by atoms with E-state index in [2.05, 4.69) is 4.98 Å². The molecule has 94 valence electrons. The van der Waals surface area contributed by atoms with E-state index in [1.807, 2.05) is 12.1 Å². The predicted molar refractivity (Wildman–Crippen MR) is 68.0 cm³/mol. The van der Waals surface area contributed by atoms with Crippen LogP contribution in [0.4, 0.5) is 8.78 Å². The van der Waals surface area contributed by atoms with Gasteiger partial charge in [-0.25, -0.2) is 8.78 Å². The van der Waals surface area contributed by atoms with Crippen LogP contribution < -0.4 is 5.73 Å². The first-order valence-corrected chi connectivity index (χ1v) is 6.39. The van der Waals surface area contributed by atoms with Crippen LogP contribution in [0.1, 0.15) is 11.3 Å². The van der Waals surface area contributed by atoms with Gasteiger partial charge in [0, 0.05) is 23.4 Å². The van der Waals surface area contributed by atoms with Crippen molar-refractivity contribution in [1.82, 2.24) is 4.98 Å². The Hall–Kier alpha value is -1.46. The number of aromatic nitrogens is 1. The lowest BCUT2D eigenvalue weighted by Gasteiger charge is -2.05. The van der Waals surface area contributed by atoms with Gasteiger partial charge in [0.15, 0.2) is 0 Å². The minimum absolute atomic E-state index is 0.307. The molecule has 1 aromatic heterocycles. The van der Waals surface area contributed by atoms with Gasteiger partial charge in [-0.2, -0.15) is 0 Å². The lowest BCUT2D eigenvalue weighted by molar-refractivity contribution is 0.577. The summed E-state index contributed by atoms with van der Waals surface area (Å²) in [6.45, 7) is 0.368. The Kier molecular flexibility index (Phi) is 4.28. The first-order valence-electron chi connectivity index (χ1n) is 5.41. The zero-order chi connectivity index (χ0) is 13.0. The van der Waals surface area contributed by atoms with Gasteiger partial charge in [0.2, 0.25) is 0 Å². The molecule has 1 aromatic carbocycles. The summed E-state index contributed by atoms with van der Waals surface area (Å²) in [6, 6.07) is 7.15. The molecule has 2 aromatic rings. The van der Waals surface area contributed by atoms with Gasteiger partial charge in [0.1, 0.15) is 11.6 Å². The minimum atomic E-state index is -0.434. The fourth-order valence-electron chi connectivity index (χ4n) is 1.48. The first-order chi connectivity index (χ1) is 8.69. The van der Waals surface area contributed by atoms with Gasteiger partial charge in [-0.3, -0.25) is 4.98 Å². The number of rotatable bonds is 4. The Bertz CT molecular complexity index is 546. The van der Waals surface area contributed by atoms with E-state index in [4.69, 9.17) is 5.73 Å². The van der Waals surface area contributed by atoms with Crippen molar-refractivity contribution in [2.45, 2.75) is 17.2 Å². The van der Waals surface area contributed by atoms with Gasteiger partial charge >= 0.3 is 0 Å². The Morgan fingerprint density at radius 2 is 2.00 bits per heavy atom. The number of nitrogens with zero attached hydrogens (tertiary/aromatic N) is 1. The molecule has 0 fully saturated rings. The molecule has 0 saturated heterocycles. The molecule has 5 heteroatoms. The maximum atomic E-state index is 13.4. The molecule has 0 saturated carbocycles. The summed E-state index contributed by atoms with van der Waals surface area (Å²) in [7, 11) is 0. The third-order valence-electron chi connectivity index (χ3n) is 2.38. The van der Waals surface area contributed by atoms with Crippen LogP contribution >= 0.6 is 11.8 Å². The fraction of sp³-hybridized carbons (Fsp3) is 0.154. The average Bonchev–Trinajstić information content (AvgIpc) is 2.40. The Morgan fingerprint density at radius 1 is 1.17 bits per heavy atom. The minimum Gasteiger partial charge on any atom is -0.325 e. The molecule has 2 nitrogen and oxygen atoms in total. The molecular formula is C13H12F2N2S. The van der Waals surface area contributed by atoms with Gasteiger partial charge in [0.25, 0.3) is 0 Å². The third kappa shape index (κ3) is 3.27. The maximum absolute atomic E-state index is 13.4. The number of thioether (sulfide) groups is 1. The largest absolute Gasteiger partial charge is 0.325 e. The SMILES string of the molecule is NCc1cc(CSc2cc(F)ccc2F)ccn1. The second-order valence-electron chi connectivity index (χ2n) is 3.72. The highest BCUT2D eigenvalue weighted by Crippen LogP contribution is 2.26. The monoisotopic (exact) mass is 266 g/mol. The summed E-state index contributed by atoms with van der Waals surface area (Å²) >= 11 is 1.25. The molecule has 0 spiro atoms. The highest BCUT2D eigenvalue weighted by molar-refractivity contribution is 7.98.